The van der Waals surface area contributed by atoms with Crippen LogP contribution in [0.25, 0.3) is 11.0 Å². The van der Waals surface area contributed by atoms with E-state index in [0.717, 1.165) is 38.0 Å². The molecule has 0 saturated carbocycles. The minimum atomic E-state index is -0.239. The Morgan fingerprint density at radius 1 is 1.03 bits per heavy atom. The zero-order valence-corrected chi connectivity index (χ0v) is 17.2. The summed E-state index contributed by atoms with van der Waals surface area (Å²) in [5, 5.41) is 0.731. The van der Waals surface area contributed by atoms with Crippen LogP contribution in [-0.4, -0.2) is 33.4 Å². The molecule has 1 aliphatic rings. The average molecular weight is 436 g/mol. The number of carbonyl (C=O) groups excluding carboxylic acids is 1. The highest BCUT2D eigenvalue weighted by atomic mass is 35.5. The normalized spacial score (nSPS) is 15.8. The van der Waals surface area contributed by atoms with E-state index >= 15 is 0 Å². The maximum atomic E-state index is 13.1. The van der Waals surface area contributed by atoms with Crippen molar-refractivity contribution in [1.29, 1.82) is 0 Å². The van der Waals surface area contributed by atoms with Gasteiger partial charge in [-0.15, -0.1) is 0 Å². The molecule has 3 aromatic rings. The van der Waals surface area contributed by atoms with E-state index in [9.17, 15) is 14.0 Å². The highest BCUT2D eigenvalue weighted by Crippen LogP contribution is 2.31. The summed E-state index contributed by atoms with van der Waals surface area (Å²) in [5.74, 6) is -0.239. The van der Waals surface area contributed by atoms with Crippen LogP contribution in [0.15, 0.2) is 41.2 Å². The Morgan fingerprint density at radius 2 is 1.66 bits per heavy atom. The van der Waals surface area contributed by atoms with Gasteiger partial charge >= 0.3 is 5.69 Å². The number of aromatic nitrogens is 2. The second-order valence-corrected chi connectivity index (χ2v) is 8.13. The molecule has 0 radical (unpaired) electrons. The van der Waals surface area contributed by atoms with Gasteiger partial charge in [-0.25, -0.2) is 9.18 Å². The van der Waals surface area contributed by atoms with E-state index in [2.05, 4.69) is 4.90 Å². The van der Waals surface area contributed by atoms with Crippen molar-refractivity contribution in [2.45, 2.75) is 32.0 Å². The fourth-order valence-corrected chi connectivity index (χ4v) is 4.37. The maximum Gasteiger partial charge on any atom is 0.329 e. The number of likely N-dealkylation sites (tertiary alicyclic amines) is 1. The molecule has 0 amide bonds. The third-order valence-corrected chi connectivity index (χ3v) is 6.23. The monoisotopic (exact) mass is 435 g/mol. The molecule has 0 N–H and O–H groups in total. The van der Waals surface area contributed by atoms with E-state index in [1.807, 2.05) is 0 Å². The van der Waals surface area contributed by atoms with Crippen molar-refractivity contribution in [3.8, 4) is 0 Å². The van der Waals surface area contributed by atoms with Gasteiger partial charge in [0.25, 0.3) is 0 Å². The summed E-state index contributed by atoms with van der Waals surface area (Å²) in [5.41, 5.74) is 2.15. The number of benzene rings is 2. The molecule has 1 aromatic heterocycles. The van der Waals surface area contributed by atoms with Crippen LogP contribution in [-0.2, 0) is 17.9 Å². The minimum Gasteiger partial charge on any atom is -0.301 e. The molecular weight excluding hydrogens is 416 g/mol. The van der Waals surface area contributed by atoms with Crippen molar-refractivity contribution in [3.05, 3.63) is 68.3 Å². The fourth-order valence-electron chi connectivity index (χ4n) is 4.06. The number of hydrogen-bond donors (Lipinski definition) is 0. The number of hydrogen-bond acceptors (Lipinski definition) is 3. The Balaban J connectivity index is 1.58. The first-order valence-corrected chi connectivity index (χ1v) is 10.2. The molecule has 152 valence electrons. The van der Waals surface area contributed by atoms with Crippen molar-refractivity contribution in [1.82, 2.24) is 14.0 Å². The summed E-state index contributed by atoms with van der Waals surface area (Å²) >= 11 is 12.3. The molecule has 8 heteroatoms. The highest BCUT2D eigenvalue weighted by molar-refractivity contribution is 6.42. The van der Waals surface area contributed by atoms with Gasteiger partial charge in [0.1, 0.15) is 12.1 Å². The van der Waals surface area contributed by atoms with E-state index in [-0.39, 0.29) is 24.1 Å². The van der Waals surface area contributed by atoms with Gasteiger partial charge in [0, 0.05) is 25.7 Å². The molecule has 5 nitrogen and oxygen atoms in total. The van der Waals surface area contributed by atoms with Crippen LogP contribution in [0.1, 0.15) is 24.4 Å². The quantitative estimate of drug-likeness (QED) is 0.561. The van der Waals surface area contributed by atoms with Crippen LogP contribution >= 0.6 is 23.2 Å². The van der Waals surface area contributed by atoms with Gasteiger partial charge in [-0.05, 0) is 42.7 Å². The van der Waals surface area contributed by atoms with Crippen LogP contribution in [0.2, 0.25) is 10.0 Å². The van der Waals surface area contributed by atoms with Crippen molar-refractivity contribution in [3.63, 3.8) is 0 Å². The predicted molar refractivity (Wildman–Crippen MR) is 112 cm³/mol. The number of nitrogens with zero attached hydrogens (tertiary/aromatic N) is 3. The van der Waals surface area contributed by atoms with Crippen LogP contribution in [0.5, 0.6) is 0 Å². The lowest BCUT2D eigenvalue weighted by molar-refractivity contribution is -0.108. The van der Waals surface area contributed by atoms with E-state index in [1.54, 1.807) is 28.8 Å². The molecule has 29 heavy (non-hydrogen) atoms. The van der Waals surface area contributed by atoms with Crippen LogP contribution in [0.4, 0.5) is 4.39 Å². The topological polar surface area (TPSA) is 47.2 Å². The second kappa shape index (κ2) is 8.30. The molecule has 0 aliphatic carbocycles. The van der Waals surface area contributed by atoms with Crippen molar-refractivity contribution < 1.29 is 9.18 Å². The number of fused-ring (bicyclic) bond motifs is 1. The zero-order chi connectivity index (χ0) is 20.5. The maximum absolute atomic E-state index is 13.1. The van der Waals surface area contributed by atoms with Crippen LogP contribution < -0.4 is 5.69 Å². The molecule has 0 bridgehead atoms. The molecule has 2 heterocycles. The molecule has 4 rings (SSSR count). The first kappa shape index (κ1) is 20.1. The highest BCUT2D eigenvalue weighted by Gasteiger charge is 2.26. The van der Waals surface area contributed by atoms with Gasteiger partial charge < -0.3 is 4.79 Å². The zero-order valence-electron chi connectivity index (χ0n) is 15.7. The Hall–Kier alpha value is -2.15. The van der Waals surface area contributed by atoms with Crippen molar-refractivity contribution >= 4 is 40.5 Å². The van der Waals surface area contributed by atoms with E-state index in [1.165, 1.54) is 16.7 Å². The molecule has 1 saturated heterocycles. The molecule has 1 fully saturated rings. The lowest BCUT2D eigenvalue weighted by Crippen LogP contribution is -2.37. The smallest absolute Gasteiger partial charge is 0.301 e. The number of rotatable bonds is 5. The molecule has 1 aliphatic heterocycles. The standard InChI is InChI=1S/C21H20Cl2FN3O2/c22-17-11-19-20(12-18(17)23)27(21(29)26(19)9-10-28)16-5-7-25(8-6-16)13-14-1-3-15(24)4-2-14/h1-4,10-12,16H,5-9,13H2. The van der Waals surface area contributed by atoms with Gasteiger partial charge in [0.05, 0.1) is 27.6 Å². The summed E-state index contributed by atoms with van der Waals surface area (Å²) in [6, 6.07) is 9.89. The SMILES string of the molecule is O=CCn1c(=O)n(C2CCN(Cc3ccc(F)cc3)CC2)c2cc(Cl)c(Cl)cc21. The summed E-state index contributed by atoms with van der Waals surface area (Å²) in [4.78, 5) is 26.4. The molecular formula is C21H20Cl2FN3O2. The number of halogens is 3. The summed E-state index contributed by atoms with van der Waals surface area (Å²) in [7, 11) is 0. The number of carbonyl (C=O) groups is 1. The molecule has 0 unspecified atom stereocenters. The summed E-state index contributed by atoms with van der Waals surface area (Å²) in [6.07, 6.45) is 2.29. The lowest BCUT2D eigenvalue weighted by Gasteiger charge is -2.32. The van der Waals surface area contributed by atoms with Crippen molar-refractivity contribution in [2.75, 3.05) is 13.1 Å². The third-order valence-electron chi connectivity index (χ3n) is 5.50. The third kappa shape index (κ3) is 3.97. The Labute approximate surface area is 177 Å². The van der Waals surface area contributed by atoms with Crippen molar-refractivity contribution in [2.24, 2.45) is 0 Å². The minimum absolute atomic E-state index is 0.0135. The van der Waals surface area contributed by atoms with Gasteiger partial charge in [0.2, 0.25) is 0 Å². The average Bonchev–Trinajstić information content (AvgIpc) is 2.96. The molecule has 2 aromatic carbocycles. The van der Waals surface area contributed by atoms with Gasteiger partial charge in [0.15, 0.2) is 0 Å². The summed E-state index contributed by atoms with van der Waals surface area (Å²) in [6.45, 7) is 2.35. The van der Waals surface area contributed by atoms with Crippen LogP contribution in [0, 0.1) is 5.82 Å². The van der Waals surface area contributed by atoms with Gasteiger partial charge in [-0.1, -0.05) is 35.3 Å². The van der Waals surface area contributed by atoms with Crippen LogP contribution in [0.3, 0.4) is 0 Å². The number of piperidine rings is 1. The molecule has 0 spiro atoms. The first-order chi connectivity index (χ1) is 14.0. The largest absolute Gasteiger partial charge is 0.329 e. The predicted octanol–water partition coefficient (Wildman–Crippen LogP) is 4.28. The van der Waals surface area contributed by atoms with E-state index < -0.39 is 0 Å². The summed E-state index contributed by atoms with van der Waals surface area (Å²) < 4.78 is 16.3. The fraction of sp³-hybridized carbons (Fsp3) is 0.333. The Bertz CT molecular complexity index is 1100. The first-order valence-electron chi connectivity index (χ1n) is 9.48. The van der Waals surface area contributed by atoms with Gasteiger partial charge in [-0.2, -0.15) is 0 Å². The lowest BCUT2D eigenvalue weighted by atomic mass is 10.0. The van der Waals surface area contributed by atoms with Gasteiger partial charge in [-0.3, -0.25) is 14.0 Å². The van der Waals surface area contributed by atoms with E-state index in [0.29, 0.717) is 27.4 Å². The Morgan fingerprint density at radius 3 is 2.28 bits per heavy atom. The second-order valence-electron chi connectivity index (χ2n) is 7.32. The number of imidazole rings is 1. The Kier molecular flexibility index (Phi) is 5.76. The molecule has 0 atom stereocenters. The van der Waals surface area contributed by atoms with E-state index in [4.69, 9.17) is 23.2 Å². The number of aldehydes is 1.